The van der Waals surface area contributed by atoms with Gasteiger partial charge in [-0.15, -0.1) is 0 Å². The predicted octanol–water partition coefficient (Wildman–Crippen LogP) is 0.537. The number of ketones is 1. The molecule has 1 heterocycles. The summed E-state index contributed by atoms with van der Waals surface area (Å²) in [5.74, 6) is -2.61. The van der Waals surface area contributed by atoms with Crippen LogP contribution in [-0.2, 0) is 39.7 Å². The third kappa shape index (κ3) is 7.30. The summed E-state index contributed by atoms with van der Waals surface area (Å²) in [6, 6.07) is 12.3. The van der Waals surface area contributed by atoms with Crippen molar-refractivity contribution in [3.05, 3.63) is 60.2 Å². The highest BCUT2D eigenvalue weighted by Crippen LogP contribution is 2.33. The van der Waals surface area contributed by atoms with Gasteiger partial charge in [-0.3, -0.25) is 24.1 Å². The van der Waals surface area contributed by atoms with Gasteiger partial charge in [-0.1, -0.05) is 42.5 Å². The number of carbonyl (C=O) groups is 5. The normalized spacial score (nSPS) is 16.4. The standard InChI is InChI=1S/C25H28N4O7S/c1-17(31)12-20(15-30)26-24(33)14-29-23-11-7-6-10-22(23)28(18(2)32)13-21(25(29)34)27-37(35,36)16-19-8-4-3-5-9-19/h3-11,15,20-21,27H,12-14,16H2,1-2H3,(H,26,33)/t20-,21-/m0/s1. The Morgan fingerprint density at radius 3 is 2.24 bits per heavy atom. The van der Waals surface area contributed by atoms with E-state index >= 15 is 0 Å². The lowest BCUT2D eigenvalue weighted by Crippen LogP contribution is -2.54. The Hall–Kier alpha value is -3.90. The summed E-state index contributed by atoms with van der Waals surface area (Å²) in [7, 11) is -4.03. The number of benzene rings is 2. The minimum atomic E-state index is -4.03. The topological polar surface area (TPSA) is 150 Å². The molecule has 0 radical (unpaired) electrons. The van der Waals surface area contributed by atoms with Gasteiger partial charge in [0.05, 0.1) is 29.7 Å². The number of rotatable bonds is 10. The lowest BCUT2D eigenvalue weighted by atomic mass is 10.1. The summed E-state index contributed by atoms with van der Waals surface area (Å²) < 4.78 is 28.3. The molecule has 3 amide bonds. The molecule has 0 spiro atoms. The Kier molecular flexibility index (Phi) is 8.90. The number of hydrogen-bond acceptors (Lipinski definition) is 7. The number of aldehydes is 1. The maximum absolute atomic E-state index is 13.6. The summed E-state index contributed by atoms with van der Waals surface area (Å²) in [6.45, 7) is 1.70. The van der Waals surface area contributed by atoms with Crippen LogP contribution >= 0.6 is 0 Å². The SMILES string of the molecule is CC(=O)C[C@@H](C=O)NC(=O)CN1C(=O)[C@@H](NS(=O)(=O)Cc2ccccc2)CN(C(C)=O)c2ccccc21. The number of carbonyl (C=O) groups excluding carboxylic acids is 5. The number of nitrogens with zero attached hydrogens (tertiary/aromatic N) is 2. The van der Waals surface area contributed by atoms with Crippen LogP contribution in [0.15, 0.2) is 54.6 Å². The Balaban J connectivity index is 1.93. The first-order valence-corrected chi connectivity index (χ1v) is 13.1. The van der Waals surface area contributed by atoms with Crippen LogP contribution in [0.4, 0.5) is 11.4 Å². The van der Waals surface area contributed by atoms with E-state index in [2.05, 4.69) is 10.0 Å². The van der Waals surface area contributed by atoms with Crippen LogP contribution in [0.3, 0.4) is 0 Å². The molecule has 1 aliphatic heterocycles. The van der Waals surface area contributed by atoms with Gasteiger partial charge in [0.2, 0.25) is 27.7 Å². The molecule has 0 saturated heterocycles. The third-order valence-corrected chi connectivity index (χ3v) is 6.97. The molecule has 0 saturated carbocycles. The fraction of sp³-hybridized carbons (Fsp3) is 0.320. The molecule has 0 aliphatic carbocycles. The largest absolute Gasteiger partial charge is 0.345 e. The van der Waals surface area contributed by atoms with Crippen molar-refractivity contribution in [2.45, 2.75) is 38.1 Å². The molecule has 0 fully saturated rings. The van der Waals surface area contributed by atoms with Gasteiger partial charge in [0, 0.05) is 13.3 Å². The lowest BCUT2D eigenvalue weighted by Gasteiger charge is -2.25. The highest BCUT2D eigenvalue weighted by molar-refractivity contribution is 7.88. The predicted molar refractivity (Wildman–Crippen MR) is 136 cm³/mol. The first-order chi connectivity index (χ1) is 17.5. The summed E-state index contributed by atoms with van der Waals surface area (Å²) >= 11 is 0. The molecule has 0 bridgehead atoms. The van der Waals surface area contributed by atoms with Gasteiger partial charge in [0.1, 0.15) is 24.7 Å². The zero-order valence-corrected chi connectivity index (χ0v) is 21.2. The minimum absolute atomic E-state index is 0.209. The van der Waals surface area contributed by atoms with Crippen LogP contribution in [0.5, 0.6) is 0 Å². The zero-order valence-electron chi connectivity index (χ0n) is 20.4. The quantitative estimate of drug-likeness (QED) is 0.427. The zero-order chi connectivity index (χ0) is 27.2. The van der Waals surface area contributed by atoms with Crippen molar-refractivity contribution >= 4 is 51.2 Å². The molecular formula is C25H28N4O7S. The van der Waals surface area contributed by atoms with Crippen molar-refractivity contribution in [2.75, 3.05) is 22.9 Å². The van der Waals surface area contributed by atoms with Crippen molar-refractivity contribution in [3.63, 3.8) is 0 Å². The molecule has 0 unspecified atom stereocenters. The average molecular weight is 529 g/mol. The second kappa shape index (κ2) is 11.9. The highest BCUT2D eigenvalue weighted by atomic mass is 32.2. The summed E-state index contributed by atoms with van der Waals surface area (Å²) in [4.78, 5) is 63.9. The van der Waals surface area contributed by atoms with Crippen molar-refractivity contribution in [1.82, 2.24) is 10.0 Å². The van der Waals surface area contributed by atoms with Crippen molar-refractivity contribution in [3.8, 4) is 0 Å². The number of amides is 3. The molecule has 37 heavy (non-hydrogen) atoms. The van der Waals surface area contributed by atoms with Gasteiger partial charge in [-0.05, 0) is 24.6 Å². The number of Topliss-reactive ketones (excluding diaryl/α,β-unsaturated/α-hetero) is 1. The van der Waals surface area contributed by atoms with Crippen LogP contribution in [0.1, 0.15) is 25.8 Å². The van der Waals surface area contributed by atoms with Gasteiger partial charge in [-0.2, -0.15) is 0 Å². The van der Waals surface area contributed by atoms with Crippen LogP contribution in [0.25, 0.3) is 0 Å². The Morgan fingerprint density at radius 1 is 1.03 bits per heavy atom. The summed E-state index contributed by atoms with van der Waals surface area (Å²) in [5, 5.41) is 2.41. The summed E-state index contributed by atoms with van der Waals surface area (Å²) in [6.07, 6.45) is 0.218. The number of para-hydroxylation sites is 2. The van der Waals surface area contributed by atoms with E-state index in [0.717, 1.165) is 4.90 Å². The van der Waals surface area contributed by atoms with Gasteiger partial charge in [0.15, 0.2) is 0 Å². The van der Waals surface area contributed by atoms with Crippen LogP contribution in [0, 0.1) is 0 Å². The van der Waals surface area contributed by atoms with E-state index in [1.807, 2.05) is 0 Å². The van der Waals surface area contributed by atoms with Gasteiger partial charge in [0.25, 0.3) is 0 Å². The van der Waals surface area contributed by atoms with Crippen molar-refractivity contribution in [2.24, 2.45) is 0 Å². The van der Waals surface area contributed by atoms with Crippen LogP contribution < -0.4 is 19.8 Å². The van der Waals surface area contributed by atoms with Crippen LogP contribution in [0.2, 0.25) is 0 Å². The molecule has 2 atom stereocenters. The average Bonchev–Trinajstić information content (AvgIpc) is 2.94. The van der Waals surface area contributed by atoms with E-state index in [-0.39, 0.29) is 24.4 Å². The van der Waals surface area contributed by atoms with Gasteiger partial charge < -0.3 is 15.0 Å². The first-order valence-electron chi connectivity index (χ1n) is 11.5. The maximum Gasteiger partial charge on any atom is 0.247 e. The van der Waals surface area contributed by atoms with Crippen molar-refractivity contribution in [1.29, 1.82) is 0 Å². The molecule has 12 heteroatoms. The second-order valence-corrected chi connectivity index (χ2v) is 10.4. The monoisotopic (exact) mass is 528 g/mol. The molecular weight excluding hydrogens is 500 g/mol. The van der Waals surface area contributed by atoms with E-state index in [1.54, 1.807) is 48.5 Å². The fourth-order valence-electron chi connectivity index (χ4n) is 4.03. The fourth-order valence-corrected chi connectivity index (χ4v) is 5.35. The molecule has 196 valence electrons. The number of nitrogens with one attached hydrogen (secondary N) is 2. The smallest absolute Gasteiger partial charge is 0.247 e. The molecule has 2 N–H and O–H groups in total. The summed E-state index contributed by atoms with van der Waals surface area (Å²) in [5.41, 5.74) is 1.04. The van der Waals surface area contributed by atoms with E-state index in [1.165, 1.54) is 24.8 Å². The lowest BCUT2D eigenvalue weighted by molar-refractivity contribution is -0.126. The molecule has 11 nitrogen and oxygen atoms in total. The number of fused-ring (bicyclic) bond motifs is 1. The molecule has 1 aliphatic rings. The Morgan fingerprint density at radius 2 is 1.65 bits per heavy atom. The third-order valence-electron chi connectivity index (χ3n) is 5.61. The molecule has 2 aromatic rings. The number of hydrogen-bond donors (Lipinski definition) is 2. The van der Waals surface area contributed by atoms with E-state index in [0.29, 0.717) is 17.5 Å². The second-order valence-electron chi connectivity index (χ2n) is 8.67. The minimum Gasteiger partial charge on any atom is -0.345 e. The number of anilines is 2. The Bertz CT molecular complexity index is 1300. The van der Waals surface area contributed by atoms with E-state index in [4.69, 9.17) is 0 Å². The molecule has 0 aromatic heterocycles. The van der Waals surface area contributed by atoms with Gasteiger partial charge >= 0.3 is 0 Å². The van der Waals surface area contributed by atoms with Crippen molar-refractivity contribution < 1.29 is 32.4 Å². The van der Waals surface area contributed by atoms with E-state index < -0.39 is 52.1 Å². The highest BCUT2D eigenvalue weighted by Gasteiger charge is 2.38. The Labute approximate surface area is 214 Å². The molecule has 3 rings (SSSR count). The van der Waals surface area contributed by atoms with E-state index in [9.17, 15) is 32.4 Å². The molecule has 2 aromatic carbocycles. The maximum atomic E-state index is 13.6. The first kappa shape index (κ1) is 27.7. The number of sulfonamides is 1. The van der Waals surface area contributed by atoms with Gasteiger partial charge in [-0.25, -0.2) is 13.1 Å². The van der Waals surface area contributed by atoms with Crippen LogP contribution in [-0.4, -0.2) is 63.4 Å².